The predicted molar refractivity (Wildman–Crippen MR) is 57.2 cm³/mol. The van der Waals surface area contributed by atoms with Crippen molar-refractivity contribution in [2.45, 2.75) is 6.42 Å². The Hall–Kier alpha value is -1.77. The van der Waals surface area contributed by atoms with Gasteiger partial charge in [-0.05, 0) is 30.7 Å². The van der Waals surface area contributed by atoms with Crippen LogP contribution in [0.2, 0.25) is 0 Å². The van der Waals surface area contributed by atoms with Crippen molar-refractivity contribution >= 4 is 17.8 Å². The van der Waals surface area contributed by atoms with Crippen molar-refractivity contribution in [3.05, 3.63) is 36.5 Å². The molecule has 0 aromatic heterocycles. The fourth-order valence-corrected chi connectivity index (χ4v) is 1.52. The Balaban J connectivity index is 2.12. The fourth-order valence-electron chi connectivity index (χ4n) is 1.52. The van der Waals surface area contributed by atoms with Gasteiger partial charge in [0.1, 0.15) is 0 Å². The number of hydrogen-bond donors (Lipinski definition) is 1. The monoisotopic (exact) mass is 188 g/mol. The first-order chi connectivity index (χ1) is 6.90. The normalized spacial score (nSPS) is 14.4. The zero-order chi connectivity index (χ0) is 9.80. The van der Waals surface area contributed by atoms with Crippen molar-refractivity contribution in [2.75, 3.05) is 16.8 Å². The maximum Gasteiger partial charge on any atom is 0.211 e. The Labute approximate surface area is 83.0 Å². The second-order valence-corrected chi connectivity index (χ2v) is 3.18. The molecule has 0 atom stereocenters. The van der Waals surface area contributed by atoms with E-state index in [0.29, 0.717) is 6.41 Å². The minimum atomic E-state index is 0.685. The molecule has 0 unspecified atom stereocenters. The highest BCUT2D eigenvalue weighted by molar-refractivity contribution is 5.72. The number of carbonyl (C=O) groups excluding carboxylic acids is 1. The van der Waals surface area contributed by atoms with Crippen LogP contribution in [0.4, 0.5) is 11.4 Å². The molecular formula is C11H12N2O. The number of anilines is 2. The molecule has 1 aliphatic rings. The molecule has 0 saturated heterocycles. The first kappa shape index (κ1) is 8.81. The van der Waals surface area contributed by atoms with E-state index in [-0.39, 0.29) is 0 Å². The zero-order valence-corrected chi connectivity index (χ0v) is 7.81. The van der Waals surface area contributed by atoms with E-state index >= 15 is 0 Å². The van der Waals surface area contributed by atoms with E-state index < -0.39 is 0 Å². The minimum absolute atomic E-state index is 0.685. The molecule has 1 aromatic carbocycles. The lowest BCUT2D eigenvalue weighted by Crippen LogP contribution is -2.11. The number of carbonyl (C=O) groups is 1. The number of rotatable bonds is 3. The summed E-state index contributed by atoms with van der Waals surface area (Å²) in [5, 5.41) is 2.61. The van der Waals surface area contributed by atoms with E-state index in [2.05, 4.69) is 22.5 Å². The molecule has 1 amide bonds. The van der Waals surface area contributed by atoms with Crippen molar-refractivity contribution < 1.29 is 4.79 Å². The molecule has 2 rings (SSSR count). The lowest BCUT2D eigenvalue weighted by molar-refractivity contribution is -0.105. The number of nitrogens with one attached hydrogen (secondary N) is 1. The summed E-state index contributed by atoms with van der Waals surface area (Å²) in [5.41, 5.74) is 1.99. The molecule has 0 spiro atoms. The van der Waals surface area contributed by atoms with Crippen LogP contribution in [0.15, 0.2) is 36.5 Å². The highest BCUT2D eigenvalue weighted by Gasteiger charge is 2.05. The minimum Gasteiger partial charge on any atom is -0.348 e. The molecule has 14 heavy (non-hydrogen) atoms. The van der Waals surface area contributed by atoms with Gasteiger partial charge in [-0.2, -0.15) is 0 Å². The summed E-state index contributed by atoms with van der Waals surface area (Å²) in [6, 6.07) is 7.80. The molecule has 1 aliphatic heterocycles. The second kappa shape index (κ2) is 3.96. The van der Waals surface area contributed by atoms with Crippen LogP contribution in [0.1, 0.15) is 6.42 Å². The van der Waals surface area contributed by atoms with Gasteiger partial charge < -0.3 is 10.2 Å². The van der Waals surface area contributed by atoms with E-state index in [1.165, 1.54) is 0 Å². The third kappa shape index (κ3) is 1.76. The Morgan fingerprint density at radius 2 is 2.07 bits per heavy atom. The van der Waals surface area contributed by atoms with Crippen LogP contribution in [0.3, 0.4) is 0 Å². The van der Waals surface area contributed by atoms with Crippen LogP contribution < -0.4 is 10.2 Å². The number of hydrogen-bond acceptors (Lipinski definition) is 2. The third-order valence-corrected chi connectivity index (χ3v) is 2.25. The zero-order valence-electron chi connectivity index (χ0n) is 7.81. The van der Waals surface area contributed by atoms with Crippen LogP contribution >= 0.6 is 0 Å². The van der Waals surface area contributed by atoms with Gasteiger partial charge in [0.2, 0.25) is 6.41 Å². The number of amides is 1. The highest BCUT2D eigenvalue weighted by atomic mass is 16.1. The summed E-state index contributed by atoms with van der Waals surface area (Å²) in [5.74, 6) is 0. The molecule has 1 heterocycles. The standard InChI is InChI=1S/C11H12N2O/c14-9-12-10-3-5-11(6-4-10)13-7-1-2-8-13/h1,3-7,9H,2,8H2,(H,12,14). The molecule has 0 bridgehead atoms. The predicted octanol–water partition coefficient (Wildman–Crippen LogP) is 1.98. The largest absolute Gasteiger partial charge is 0.348 e. The van der Waals surface area contributed by atoms with Gasteiger partial charge in [-0.15, -0.1) is 0 Å². The van der Waals surface area contributed by atoms with Crippen LogP contribution in [-0.4, -0.2) is 13.0 Å². The number of benzene rings is 1. The van der Waals surface area contributed by atoms with Crippen LogP contribution in [0.5, 0.6) is 0 Å². The molecule has 0 fully saturated rings. The Morgan fingerprint density at radius 1 is 1.29 bits per heavy atom. The van der Waals surface area contributed by atoms with Crippen LogP contribution in [-0.2, 0) is 4.79 Å². The van der Waals surface area contributed by atoms with Crippen molar-refractivity contribution in [3.8, 4) is 0 Å². The lowest BCUT2D eigenvalue weighted by atomic mass is 10.2. The van der Waals surface area contributed by atoms with Gasteiger partial charge >= 0.3 is 0 Å². The topological polar surface area (TPSA) is 32.3 Å². The first-order valence-corrected chi connectivity index (χ1v) is 4.64. The first-order valence-electron chi connectivity index (χ1n) is 4.64. The molecule has 72 valence electrons. The molecule has 0 aliphatic carbocycles. The fraction of sp³-hybridized carbons (Fsp3) is 0.182. The van der Waals surface area contributed by atoms with Crippen molar-refractivity contribution in [3.63, 3.8) is 0 Å². The molecule has 0 radical (unpaired) electrons. The smallest absolute Gasteiger partial charge is 0.211 e. The molecule has 1 aromatic rings. The SMILES string of the molecule is O=CNc1ccc(N2C=CCC2)cc1. The summed E-state index contributed by atoms with van der Waals surface area (Å²) in [6.45, 7) is 1.04. The van der Waals surface area contributed by atoms with Gasteiger partial charge in [0.05, 0.1) is 0 Å². The maximum absolute atomic E-state index is 10.2. The summed E-state index contributed by atoms with van der Waals surface area (Å²) < 4.78 is 0. The highest BCUT2D eigenvalue weighted by Crippen LogP contribution is 2.20. The van der Waals surface area contributed by atoms with Crippen molar-refractivity contribution in [1.82, 2.24) is 0 Å². The second-order valence-electron chi connectivity index (χ2n) is 3.18. The summed E-state index contributed by atoms with van der Waals surface area (Å²) in [4.78, 5) is 12.4. The van der Waals surface area contributed by atoms with Crippen LogP contribution in [0, 0.1) is 0 Å². The van der Waals surface area contributed by atoms with Crippen LogP contribution in [0.25, 0.3) is 0 Å². The maximum atomic E-state index is 10.2. The van der Waals surface area contributed by atoms with Gasteiger partial charge in [0.25, 0.3) is 0 Å². The van der Waals surface area contributed by atoms with Gasteiger partial charge in [-0.3, -0.25) is 4.79 Å². The van der Waals surface area contributed by atoms with E-state index in [1.54, 1.807) is 0 Å². The van der Waals surface area contributed by atoms with E-state index in [9.17, 15) is 4.79 Å². The van der Waals surface area contributed by atoms with Gasteiger partial charge in [0.15, 0.2) is 0 Å². The van der Waals surface area contributed by atoms with Gasteiger partial charge in [0, 0.05) is 24.1 Å². The Morgan fingerprint density at radius 3 is 2.64 bits per heavy atom. The van der Waals surface area contributed by atoms with Gasteiger partial charge in [-0.1, -0.05) is 6.08 Å². The molecular weight excluding hydrogens is 176 g/mol. The third-order valence-electron chi connectivity index (χ3n) is 2.25. The average molecular weight is 188 g/mol. The van der Waals surface area contributed by atoms with Gasteiger partial charge in [-0.25, -0.2) is 0 Å². The van der Waals surface area contributed by atoms with E-state index in [4.69, 9.17) is 0 Å². The lowest BCUT2D eigenvalue weighted by Gasteiger charge is -2.15. The Bertz CT molecular complexity index is 343. The van der Waals surface area contributed by atoms with Crippen molar-refractivity contribution in [1.29, 1.82) is 0 Å². The van der Waals surface area contributed by atoms with E-state index in [1.807, 2.05) is 24.3 Å². The molecule has 1 N–H and O–H groups in total. The van der Waals surface area contributed by atoms with E-state index in [0.717, 1.165) is 24.3 Å². The summed E-state index contributed by atoms with van der Waals surface area (Å²) in [7, 11) is 0. The van der Waals surface area contributed by atoms with Crippen molar-refractivity contribution in [2.24, 2.45) is 0 Å². The quantitative estimate of drug-likeness (QED) is 0.735. The summed E-state index contributed by atoms with van der Waals surface area (Å²) in [6.07, 6.45) is 6.03. The number of nitrogens with zero attached hydrogens (tertiary/aromatic N) is 1. The summed E-state index contributed by atoms with van der Waals surface area (Å²) >= 11 is 0. The molecule has 0 saturated carbocycles. The average Bonchev–Trinajstić information content (AvgIpc) is 2.72. The molecule has 3 nitrogen and oxygen atoms in total. The molecule has 3 heteroatoms. The Kier molecular flexibility index (Phi) is 2.49.